The van der Waals surface area contributed by atoms with Gasteiger partial charge in [0.25, 0.3) is 0 Å². The van der Waals surface area contributed by atoms with Crippen LogP contribution in [0.4, 0.5) is 0 Å². The van der Waals surface area contributed by atoms with Gasteiger partial charge in [-0.2, -0.15) is 11.8 Å². The summed E-state index contributed by atoms with van der Waals surface area (Å²) in [6.07, 6.45) is 0.829. The van der Waals surface area contributed by atoms with Gasteiger partial charge in [-0.3, -0.25) is 24.0 Å². The third-order valence-corrected chi connectivity index (χ3v) is 5.68. The number of nitrogens with two attached hydrogens (primary N) is 1. The van der Waals surface area contributed by atoms with Crippen molar-refractivity contribution in [1.29, 1.82) is 0 Å². The van der Waals surface area contributed by atoms with E-state index in [2.05, 4.69) is 16.0 Å². The van der Waals surface area contributed by atoms with Crippen LogP contribution in [-0.2, 0) is 28.8 Å². The highest BCUT2D eigenvalue weighted by molar-refractivity contribution is 7.98. The summed E-state index contributed by atoms with van der Waals surface area (Å²) in [6.45, 7) is 3.30. The highest BCUT2D eigenvalue weighted by atomic mass is 32.2. The number of carbonyl (C=O) groups excluding carboxylic acids is 3. The maximum atomic E-state index is 12.8. The Morgan fingerprint density at radius 2 is 1.41 bits per heavy atom. The summed E-state index contributed by atoms with van der Waals surface area (Å²) in [5, 5.41) is 34.2. The molecule has 0 saturated heterocycles. The van der Waals surface area contributed by atoms with E-state index in [1.165, 1.54) is 11.8 Å². The number of rotatable bonds is 17. The molecule has 3 amide bonds. The maximum Gasteiger partial charge on any atom is 0.326 e. The Bertz CT molecular complexity index is 750. The quantitative estimate of drug-likeness (QED) is 0.126. The van der Waals surface area contributed by atoms with Gasteiger partial charge in [-0.05, 0) is 30.8 Å². The van der Waals surface area contributed by atoms with Gasteiger partial charge in [0.15, 0.2) is 0 Å². The van der Waals surface area contributed by atoms with Gasteiger partial charge in [-0.1, -0.05) is 20.3 Å². The molecule has 5 atom stereocenters. The minimum absolute atomic E-state index is 0.302. The lowest BCUT2D eigenvalue weighted by Crippen LogP contribution is -2.58. The first kappa shape index (κ1) is 31.1. The Kier molecular flexibility index (Phi) is 14.5. The Morgan fingerprint density at radius 3 is 1.88 bits per heavy atom. The predicted molar refractivity (Wildman–Crippen MR) is 123 cm³/mol. The Balaban J connectivity index is 5.58. The molecule has 194 valence electrons. The second-order valence-corrected chi connectivity index (χ2v) is 8.74. The molecule has 13 nitrogen and oxygen atoms in total. The molecule has 0 aliphatic heterocycles. The van der Waals surface area contributed by atoms with Crippen molar-refractivity contribution in [3.8, 4) is 0 Å². The average molecular weight is 507 g/mol. The van der Waals surface area contributed by atoms with Crippen LogP contribution in [0.25, 0.3) is 0 Å². The molecule has 0 aliphatic rings. The lowest BCUT2D eigenvalue weighted by molar-refractivity contribution is -0.144. The van der Waals surface area contributed by atoms with Crippen molar-refractivity contribution in [1.82, 2.24) is 16.0 Å². The van der Waals surface area contributed by atoms with E-state index in [-0.39, 0.29) is 6.42 Å². The van der Waals surface area contributed by atoms with Crippen LogP contribution in [0, 0.1) is 5.92 Å². The standard InChI is InChI=1S/C20H34N4O9S/c1-4-10(2)16(20(32)33)24-19(31)13(9-15(27)28)23-18(30)12(5-6-14(25)26)22-17(29)11(21)7-8-34-3/h10-13,16H,4-9,21H2,1-3H3,(H,22,29)(H,23,30)(H,24,31)(H,25,26)(H,27,28)(H,32,33). The average Bonchev–Trinajstić information content (AvgIpc) is 2.76. The third-order valence-electron chi connectivity index (χ3n) is 5.04. The minimum Gasteiger partial charge on any atom is -0.481 e. The molecule has 0 aromatic heterocycles. The van der Waals surface area contributed by atoms with E-state index in [0.717, 1.165) is 0 Å². The summed E-state index contributed by atoms with van der Waals surface area (Å²) in [4.78, 5) is 71.4. The van der Waals surface area contributed by atoms with Crippen molar-refractivity contribution in [2.24, 2.45) is 11.7 Å². The molecule has 0 spiro atoms. The summed E-state index contributed by atoms with van der Waals surface area (Å²) < 4.78 is 0. The van der Waals surface area contributed by atoms with Crippen molar-refractivity contribution in [2.75, 3.05) is 12.0 Å². The summed E-state index contributed by atoms with van der Waals surface area (Å²) in [5.74, 6) is -6.66. The number of hydrogen-bond donors (Lipinski definition) is 7. The lowest BCUT2D eigenvalue weighted by Gasteiger charge is -2.25. The number of nitrogens with one attached hydrogen (secondary N) is 3. The molecule has 0 aliphatic carbocycles. The molecule has 0 aromatic carbocycles. The Morgan fingerprint density at radius 1 is 0.853 bits per heavy atom. The summed E-state index contributed by atoms with van der Waals surface area (Å²) in [7, 11) is 0. The molecule has 0 rings (SSSR count). The van der Waals surface area contributed by atoms with Gasteiger partial charge in [0.1, 0.15) is 18.1 Å². The fraction of sp³-hybridized carbons (Fsp3) is 0.700. The maximum absolute atomic E-state index is 12.8. The highest BCUT2D eigenvalue weighted by Gasteiger charge is 2.33. The van der Waals surface area contributed by atoms with Gasteiger partial charge in [-0.15, -0.1) is 0 Å². The summed E-state index contributed by atoms with van der Waals surface area (Å²) in [5.41, 5.74) is 5.78. The Labute approximate surface area is 201 Å². The smallest absolute Gasteiger partial charge is 0.326 e. The third kappa shape index (κ3) is 11.8. The molecule has 0 bridgehead atoms. The normalized spacial score (nSPS) is 15.2. The monoisotopic (exact) mass is 506 g/mol. The zero-order valence-electron chi connectivity index (χ0n) is 19.4. The van der Waals surface area contributed by atoms with Crippen LogP contribution in [0.1, 0.15) is 46.0 Å². The molecule has 0 radical (unpaired) electrons. The van der Waals surface area contributed by atoms with Crippen molar-refractivity contribution in [3.05, 3.63) is 0 Å². The lowest BCUT2D eigenvalue weighted by atomic mass is 9.98. The number of amides is 3. The first-order valence-electron chi connectivity index (χ1n) is 10.7. The van der Waals surface area contributed by atoms with Gasteiger partial charge in [-0.25, -0.2) is 4.79 Å². The van der Waals surface area contributed by atoms with Crippen molar-refractivity contribution in [2.45, 2.75) is 70.1 Å². The van der Waals surface area contributed by atoms with E-state index in [1.807, 2.05) is 6.26 Å². The van der Waals surface area contributed by atoms with E-state index in [0.29, 0.717) is 18.6 Å². The van der Waals surface area contributed by atoms with Crippen LogP contribution < -0.4 is 21.7 Å². The van der Waals surface area contributed by atoms with Crippen molar-refractivity contribution >= 4 is 47.4 Å². The molecule has 34 heavy (non-hydrogen) atoms. The van der Waals surface area contributed by atoms with Crippen LogP contribution in [0.3, 0.4) is 0 Å². The van der Waals surface area contributed by atoms with Crippen LogP contribution in [0.2, 0.25) is 0 Å². The molecule has 0 fully saturated rings. The molecule has 8 N–H and O–H groups in total. The molecule has 0 aromatic rings. The molecule has 14 heteroatoms. The van der Waals surface area contributed by atoms with E-state index in [9.17, 15) is 33.9 Å². The number of carboxylic acids is 3. The molecule has 0 saturated carbocycles. The van der Waals surface area contributed by atoms with Gasteiger partial charge < -0.3 is 37.0 Å². The molecule has 0 heterocycles. The molecule has 5 unspecified atom stereocenters. The van der Waals surface area contributed by atoms with Crippen molar-refractivity contribution < 1.29 is 44.1 Å². The number of carboxylic acid groups (broad SMARTS) is 3. The first-order chi connectivity index (χ1) is 15.8. The highest BCUT2D eigenvalue weighted by Crippen LogP contribution is 2.09. The Hall–Kier alpha value is -2.87. The largest absolute Gasteiger partial charge is 0.481 e. The van der Waals surface area contributed by atoms with E-state index < -0.39 is 78.6 Å². The molecular formula is C20H34N4O9S. The van der Waals surface area contributed by atoms with E-state index in [4.69, 9.17) is 15.9 Å². The van der Waals surface area contributed by atoms with Crippen LogP contribution in [-0.4, -0.2) is 87.1 Å². The summed E-state index contributed by atoms with van der Waals surface area (Å²) in [6, 6.07) is -5.34. The predicted octanol–water partition coefficient (Wildman–Crippen LogP) is -1.01. The number of thioether (sulfide) groups is 1. The van der Waals surface area contributed by atoms with E-state index in [1.54, 1.807) is 13.8 Å². The SMILES string of the molecule is CCC(C)C(NC(=O)C(CC(=O)O)NC(=O)C(CCC(=O)O)NC(=O)C(N)CCSC)C(=O)O. The fourth-order valence-corrected chi connectivity index (χ4v) is 3.27. The zero-order valence-corrected chi connectivity index (χ0v) is 20.2. The van der Waals surface area contributed by atoms with Crippen LogP contribution >= 0.6 is 11.8 Å². The van der Waals surface area contributed by atoms with Gasteiger partial charge in [0.05, 0.1) is 12.5 Å². The minimum atomic E-state index is -1.66. The number of carbonyl (C=O) groups is 6. The molecular weight excluding hydrogens is 472 g/mol. The number of aliphatic carboxylic acids is 3. The van der Waals surface area contributed by atoms with Gasteiger partial charge in [0, 0.05) is 6.42 Å². The van der Waals surface area contributed by atoms with Crippen LogP contribution in [0.5, 0.6) is 0 Å². The van der Waals surface area contributed by atoms with Crippen LogP contribution in [0.15, 0.2) is 0 Å². The van der Waals surface area contributed by atoms with E-state index >= 15 is 0 Å². The zero-order chi connectivity index (χ0) is 26.4. The van der Waals surface area contributed by atoms with Gasteiger partial charge >= 0.3 is 17.9 Å². The van der Waals surface area contributed by atoms with Crippen molar-refractivity contribution in [3.63, 3.8) is 0 Å². The second kappa shape index (κ2) is 15.9. The topological polar surface area (TPSA) is 225 Å². The summed E-state index contributed by atoms with van der Waals surface area (Å²) >= 11 is 1.46. The first-order valence-corrected chi connectivity index (χ1v) is 12.0. The second-order valence-electron chi connectivity index (χ2n) is 7.75. The number of hydrogen-bond acceptors (Lipinski definition) is 8. The van der Waals surface area contributed by atoms with Gasteiger partial charge in [0.2, 0.25) is 17.7 Å². The fourth-order valence-electron chi connectivity index (χ4n) is 2.78.